The van der Waals surface area contributed by atoms with Crippen LogP contribution in [0, 0.1) is 0 Å². The number of rotatable bonds is 4. The predicted molar refractivity (Wildman–Crippen MR) is 73.5 cm³/mol. The molecular weight excluding hydrogens is 244 g/mol. The van der Waals surface area contributed by atoms with Gasteiger partial charge in [-0.05, 0) is 17.7 Å². The van der Waals surface area contributed by atoms with Crippen molar-refractivity contribution in [3.63, 3.8) is 0 Å². The molecule has 0 spiro atoms. The van der Waals surface area contributed by atoms with Gasteiger partial charge >= 0.3 is 5.97 Å². The molecule has 0 aliphatic rings. The standard InChI is InChI=1S/C15H14O2S/c1-17-15(16)14(12-8-4-2-5-9-12)18-13-10-6-3-7-11-13/h2-11,14H,1H3/t14-/m0/s1. The highest BCUT2D eigenvalue weighted by molar-refractivity contribution is 8.00. The van der Waals surface area contributed by atoms with Crippen molar-refractivity contribution in [2.45, 2.75) is 10.1 Å². The van der Waals surface area contributed by atoms with Crippen LogP contribution in [0.1, 0.15) is 10.8 Å². The minimum absolute atomic E-state index is 0.227. The van der Waals surface area contributed by atoms with E-state index in [1.165, 1.54) is 18.9 Å². The van der Waals surface area contributed by atoms with Gasteiger partial charge in [-0.2, -0.15) is 0 Å². The number of thioether (sulfide) groups is 1. The molecule has 0 radical (unpaired) electrons. The largest absolute Gasteiger partial charge is 0.468 e. The van der Waals surface area contributed by atoms with Gasteiger partial charge in [-0.1, -0.05) is 48.5 Å². The lowest BCUT2D eigenvalue weighted by Crippen LogP contribution is -2.10. The highest BCUT2D eigenvalue weighted by Crippen LogP contribution is 2.35. The van der Waals surface area contributed by atoms with E-state index in [1.54, 1.807) is 0 Å². The monoisotopic (exact) mass is 258 g/mol. The van der Waals surface area contributed by atoms with Crippen molar-refractivity contribution >= 4 is 17.7 Å². The highest BCUT2D eigenvalue weighted by atomic mass is 32.2. The molecule has 0 aliphatic carbocycles. The van der Waals surface area contributed by atoms with Crippen LogP contribution >= 0.6 is 11.8 Å². The Morgan fingerprint density at radius 1 is 1.00 bits per heavy atom. The summed E-state index contributed by atoms with van der Waals surface area (Å²) < 4.78 is 4.88. The van der Waals surface area contributed by atoms with E-state index < -0.39 is 0 Å². The molecule has 1 atom stereocenters. The van der Waals surface area contributed by atoms with Crippen molar-refractivity contribution in [2.24, 2.45) is 0 Å². The molecule has 0 fully saturated rings. The number of hydrogen-bond donors (Lipinski definition) is 0. The van der Waals surface area contributed by atoms with Crippen LogP contribution in [0.4, 0.5) is 0 Å². The second-order valence-corrected chi connectivity index (χ2v) is 4.92. The third-order valence-corrected chi connectivity index (χ3v) is 3.76. The molecule has 0 heterocycles. The second-order valence-electron chi connectivity index (χ2n) is 3.74. The van der Waals surface area contributed by atoms with Crippen LogP contribution in [0.2, 0.25) is 0 Å². The Morgan fingerprint density at radius 3 is 2.11 bits per heavy atom. The molecule has 18 heavy (non-hydrogen) atoms. The topological polar surface area (TPSA) is 26.3 Å². The van der Waals surface area contributed by atoms with Crippen molar-refractivity contribution in [3.05, 3.63) is 66.2 Å². The molecule has 2 nitrogen and oxygen atoms in total. The SMILES string of the molecule is COC(=O)[C@@H](Sc1ccccc1)c1ccccc1. The summed E-state index contributed by atoms with van der Waals surface area (Å²) in [7, 11) is 1.42. The van der Waals surface area contributed by atoms with E-state index in [2.05, 4.69) is 0 Å². The van der Waals surface area contributed by atoms with E-state index in [1.807, 2.05) is 60.7 Å². The molecule has 0 N–H and O–H groups in total. The van der Waals surface area contributed by atoms with Crippen LogP contribution in [0.5, 0.6) is 0 Å². The fourth-order valence-corrected chi connectivity index (χ4v) is 2.69. The van der Waals surface area contributed by atoms with Crippen LogP contribution in [0.15, 0.2) is 65.6 Å². The summed E-state index contributed by atoms with van der Waals surface area (Å²) in [5.41, 5.74) is 0.957. The van der Waals surface area contributed by atoms with Crippen LogP contribution in [0.25, 0.3) is 0 Å². The first-order chi connectivity index (χ1) is 8.81. The average molecular weight is 258 g/mol. The van der Waals surface area contributed by atoms with Gasteiger partial charge in [0.2, 0.25) is 0 Å². The van der Waals surface area contributed by atoms with Crippen molar-refractivity contribution in [2.75, 3.05) is 7.11 Å². The van der Waals surface area contributed by atoms with Crippen molar-refractivity contribution in [1.29, 1.82) is 0 Å². The van der Waals surface area contributed by atoms with Crippen molar-refractivity contribution < 1.29 is 9.53 Å². The molecule has 0 saturated carbocycles. The first-order valence-corrected chi connectivity index (χ1v) is 6.53. The molecule has 2 aromatic rings. The fourth-order valence-electron chi connectivity index (χ4n) is 1.62. The summed E-state index contributed by atoms with van der Waals surface area (Å²) in [6, 6.07) is 19.5. The zero-order valence-corrected chi connectivity index (χ0v) is 10.9. The quantitative estimate of drug-likeness (QED) is 0.618. The summed E-state index contributed by atoms with van der Waals surface area (Å²) in [5, 5.41) is -0.321. The average Bonchev–Trinajstić information content (AvgIpc) is 2.46. The Kier molecular flexibility index (Phi) is 4.42. The van der Waals surface area contributed by atoms with Gasteiger partial charge in [-0.15, -0.1) is 11.8 Å². The van der Waals surface area contributed by atoms with Gasteiger partial charge < -0.3 is 4.74 Å². The van der Waals surface area contributed by atoms with Gasteiger partial charge in [0.15, 0.2) is 0 Å². The number of carbonyl (C=O) groups excluding carboxylic acids is 1. The number of ether oxygens (including phenoxy) is 1. The van der Waals surface area contributed by atoms with Crippen LogP contribution in [-0.2, 0) is 9.53 Å². The number of benzene rings is 2. The van der Waals surface area contributed by atoms with Crippen LogP contribution < -0.4 is 0 Å². The van der Waals surface area contributed by atoms with Crippen molar-refractivity contribution in [1.82, 2.24) is 0 Å². The molecule has 0 aromatic heterocycles. The third kappa shape index (κ3) is 3.14. The molecule has 0 unspecified atom stereocenters. The summed E-state index contributed by atoms with van der Waals surface area (Å²) in [6.07, 6.45) is 0. The molecule has 0 amide bonds. The fraction of sp³-hybridized carbons (Fsp3) is 0.133. The highest BCUT2D eigenvalue weighted by Gasteiger charge is 2.22. The summed E-state index contributed by atoms with van der Waals surface area (Å²) in [5.74, 6) is -0.227. The van der Waals surface area contributed by atoms with Crippen LogP contribution in [0.3, 0.4) is 0 Å². The molecule has 0 saturated heterocycles. The zero-order chi connectivity index (χ0) is 12.8. The lowest BCUT2D eigenvalue weighted by Gasteiger charge is -2.14. The molecule has 3 heteroatoms. The normalized spacial score (nSPS) is 11.8. The number of carbonyl (C=O) groups is 1. The number of esters is 1. The van der Waals surface area contributed by atoms with Crippen molar-refractivity contribution in [3.8, 4) is 0 Å². The maximum Gasteiger partial charge on any atom is 0.323 e. The van der Waals surface area contributed by atoms with E-state index in [0.29, 0.717) is 0 Å². The molecule has 2 aromatic carbocycles. The third-order valence-electron chi connectivity index (χ3n) is 2.51. The Balaban J connectivity index is 2.24. The van der Waals surface area contributed by atoms with Crippen LogP contribution in [-0.4, -0.2) is 13.1 Å². The maximum atomic E-state index is 11.9. The summed E-state index contributed by atoms with van der Waals surface area (Å²) in [4.78, 5) is 12.9. The summed E-state index contributed by atoms with van der Waals surface area (Å²) in [6.45, 7) is 0. The summed E-state index contributed by atoms with van der Waals surface area (Å²) >= 11 is 1.50. The maximum absolute atomic E-state index is 11.9. The minimum atomic E-state index is -0.321. The predicted octanol–water partition coefficient (Wildman–Crippen LogP) is 3.69. The number of hydrogen-bond acceptors (Lipinski definition) is 3. The van der Waals surface area contributed by atoms with E-state index in [0.717, 1.165) is 10.5 Å². The Labute approximate surface area is 111 Å². The smallest absolute Gasteiger partial charge is 0.323 e. The van der Waals surface area contributed by atoms with E-state index in [4.69, 9.17) is 4.74 Å². The number of methoxy groups -OCH3 is 1. The molecule has 92 valence electrons. The Morgan fingerprint density at radius 2 is 1.56 bits per heavy atom. The van der Waals surface area contributed by atoms with Gasteiger partial charge in [0.25, 0.3) is 0 Å². The molecule has 2 rings (SSSR count). The van der Waals surface area contributed by atoms with E-state index in [9.17, 15) is 4.79 Å². The molecule has 0 bridgehead atoms. The molecule has 0 aliphatic heterocycles. The molecular formula is C15H14O2S. The first-order valence-electron chi connectivity index (χ1n) is 5.66. The minimum Gasteiger partial charge on any atom is -0.468 e. The Bertz CT molecular complexity index is 496. The zero-order valence-electron chi connectivity index (χ0n) is 10.1. The second kappa shape index (κ2) is 6.26. The van der Waals surface area contributed by atoms with E-state index >= 15 is 0 Å². The first kappa shape index (κ1) is 12.7. The lowest BCUT2D eigenvalue weighted by atomic mass is 10.1. The van der Waals surface area contributed by atoms with Gasteiger partial charge in [-0.3, -0.25) is 4.79 Å². The Hall–Kier alpha value is -1.74. The van der Waals surface area contributed by atoms with E-state index in [-0.39, 0.29) is 11.2 Å². The van der Waals surface area contributed by atoms with Gasteiger partial charge in [0.05, 0.1) is 7.11 Å². The lowest BCUT2D eigenvalue weighted by molar-refractivity contribution is -0.140. The van der Waals surface area contributed by atoms with Gasteiger partial charge in [-0.25, -0.2) is 0 Å². The van der Waals surface area contributed by atoms with Gasteiger partial charge in [0, 0.05) is 4.90 Å². The van der Waals surface area contributed by atoms with Gasteiger partial charge in [0.1, 0.15) is 5.25 Å².